The molecule has 2 atom stereocenters. The van der Waals surface area contributed by atoms with Crippen LogP contribution in [0.3, 0.4) is 0 Å². The Hall–Kier alpha value is -1.73. The van der Waals surface area contributed by atoms with Crippen LogP contribution in [0.5, 0.6) is 0 Å². The second kappa shape index (κ2) is 6.82. The van der Waals surface area contributed by atoms with Crippen LogP contribution in [0.15, 0.2) is 23.8 Å². The molecule has 2 rings (SSSR count). The lowest BCUT2D eigenvalue weighted by atomic mass is 10.2. The summed E-state index contributed by atoms with van der Waals surface area (Å²) in [6.07, 6.45) is 3.75. The number of carbonyl (C=O) groups is 1. The molecule has 0 saturated heterocycles. The Balaban J connectivity index is 1.90. The van der Waals surface area contributed by atoms with Gasteiger partial charge >= 0.3 is 0 Å². The smallest absolute Gasteiger partial charge is 0.225 e. The monoisotopic (exact) mass is 307 g/mol. The maximum Gasteiger partial charge on any atom is 0.225 e. The van der Waals surface area contributed by atoms with E-state index in [1.165, 1.54) is 18.3 Å². The Morgan fingerprint density at radius 2 is 2.29 bits per heavy atom. The van der Waals surface area contributed by atoms with Gasteiger partial charge in [-0.1, -0.05) is 0 Å². The molecule has 2 aromatic rings. The lowest BCUT2D eigenvalue weighted by Gasteiger charge is -2.21. The van der Waals surface area contributed by atoms with Crippen molar-refractivity contribution in [2.45, 2.75) is 39.4 Å². The first-order chi connectivity index (χ1) is 9.99. The number of anilines is 1. The highest BCUT2D eigenvalue weighted by molar-refractivity contribution is 7.14. The fourth-order valence-electron chi connectivity index (χ4n) is 1.85. The molecule has 0 bridgehead atoms. The van der Waals surface area contributed by atoms with Gasteiger partial charge in [-0.25, -0.2) is 4.98 Å². The molecule has 21 heavy (non-hydrogen) atoms. The van der Waals surface area contributed by atoms with Gasteiger partial charge in [-0.2, -0.15) is 5.10 Å². The molecule has 0 aromatic carbocycles. The summed E-state index contributed by atoms with van der Waals surface area (Å²) in [5.41, 5.74) is 0.947. The molecule has 0 fully saturated rings. The Morgan fingerprint density at radius 1 is 1.52 bits per heavy atom. The zero-order valence-electron chi connectivity index (χ0n) is 12.8. The minimum Gasteiger partial charge on any atom is -0.306 e. The van der Waals surface area contributed by atoms with Gasteiger partial charge in [0, 0.05) is 44.3 Å². The van der Waals surface area contributed by atoms with Crippen LogP contribution in [0.4, 0.5) is 5.13 Å². The number of hydrogen-bond donors (Lipinski definition) is 1. The second-order valence-corrected chi connectivity index (χ2v) is 5.93. The number of nitrogens with one attached hydrogen (secondary N) is 1. The molecule has 0 spiro atoms. The van der Waals surface area contributed by atoms with Gasteiger partial charge in [0.1, 0.15) is 0 Å². The van der Waals surface area contributed by atoms with E-state index in [2.05, 4.69) is 29.2 Å². The molecule has 0 aliphatic heterocycles. The molecule has 1 amide bonds. The zero-order valence-corrected chi connectivity index (χ0v) is 13.6. The van der Waals surface area contributed by atoms with Gasteiger partial charge in [0.15, 0.2) is 5.13 Å². The van der Waals surface area contributed by atoms with E-state index in [-0.39, 0.29) is 18.0 Å². The van der Waals surface area contributed by atoms with Crippen LogP contribution in [0, 0.1) is 0 Å². The van der Waals surface area contributed by atoms with Crippen molar-refractivity contribution in [1.29, 1.82) is 0 Å². The summed E-state index contributed by atoms with van der Waals surface area (Å²) in [7, 11) is 1.74. The van der Waals surface area contributed by atoms with Crippen molar-refractivity contribution in [2.75, 3.05) is 11.9 Å². The molecule has 6 nitrogen and oxygen atoms in total. The first-order valence-electron chi connectivity index (χ1n) is 6.90. The van der Waals surface area contributed by atoms with E-state index in [0.717, 1.165) is 10.8 Å². The topological polar surface area (TPSA) is 63.1 Å². The van der Waals surface area contributed by atoms with E-state index in [1.807, 2.05) is 22.3 Å². The third kappa shape index (κ3) is 3.89. The fraction of sp³-hybridized carbons (Fsp3) is 0.500. The van der Waals surface area contributed by atoms with Gasteiger partial charge in [-0.15, -0.1) is 11.3 Å². The molecule has 2 aromatic heterocycles. The highest BCUT2D eigenvalue weighted by atomic mass is 32.1. The Bertz CT molecular complexity index is 580. The van der Waals surface area contributed by atoms with E-state index in [4.69, 9.17) is 0 Å². The van der Waals surface area contributed by atoms with Crippen LogP contribution in [-0.4, -0.2) is 33.8 Å². The summed E-state index contributed by atoms with van der Waals surface area (Å²) in [4.78, 5) is 17.3. The summed E-state index contributed by atoms with van der Waals surface area (Å²) < 4.78 is 1.94. The van der Waals surface area contributed by atoms with Crippen LogP contribution < -0.4 is 10.2 Å². The largest absolute Gasteiger partial charge is 0.306 e. The van der Waals surface area contributed by atoms with E-state index < -0.39 is 0 Å². The van der Waals surface area contributed by atoms with Gasteiger partial charge in [0.2, 0.25) is 5.91 Å². The van der Waals surface area contributed by atoms with E-state index in [0.29, 0.717) is 6.54 Å². The van der Waals surface area contributed by atoms with Gasteiger partial charge in [0.05, 0.1) is 11.7 Å². The van der Waals surface area contributed by atoms with Crippen molar-refractivity contribution in [3.63, 3.8) is 0 Å². The number of carbonyl (C=O) groups excluding carboxylic acids is 1. The first-order valence-corrected chi connectivity index (χ1v) is 7.78. The van der Waals surface area contributed by atoms with Crippen LogP contribution in [0.2, 0.25) is 0 Å². The molecule has 114 valence electrons. The van der Waals surface area contributed by atoms with Crippen molar-refractivity contribution in [2.24, 2.45) is 0 Å². The normalized spacial score (nSPS) is 13.9. The van der Waals surface area contributed by atoms with Gasteiger partial charge < -0.3 is 5.32 Å². The van der Waals surface area contributed by atoms with Gasteiger partial charge in [0.25, 0.3) is 0 Å². The van der Waals surface area contributed by atoms with Crippen molar-refractivity contribution < 1.29 is 4.79 Å². The van der Waals surface area contributed by atoms with Gasteiger partial charge in [-0.05, 0) is 19.9 Å². The molecule has 0 aliphatic rings. The average molecular weight is 307 g/mol. The average Bonchev–Trinajstić information content (AvgIpc) is 3.14. The van der Waals surface area contributed by atoms with Crippen LogP contribution >= 0.6 is 11.3 Å². The third-order valence-electron chi connectivity index (χ3n) is 3.57. The molecule has 0 saturated carbocycles. The number of nitrogens with zero attached hydrogens (tertiary/aromatic N) is 4. The third-order valence-corrected chi connectivity index (χ3v) is 4.54. The predicted molar refractivity (Wildman–Crippen MR) is 84.4 cm³/mol. The Morgan fingerprint density at radius 3 is 2.90 bits per heavy atom. The summed E-state index contributed by atoms with van der Waals surface area (Å²) >= 11 is 1.48. The molecule has 0 radical (unpaired) electrons. The van der Waals surface area contributed by atoms with E-state index in [9.17, 15) is 4.79 Å². The molecule has 0 aliphatic carbocycles. The maximum atomic E-state index is 11.3. The molecule has 2 heterocycles. The molecule has 1 N–H and O–H groups in total. The van der Waals surface area contributed by atoms with Crippen molar-refractivity contribution in [3.05, 3.63) is 29.5 Å². The number of rotatable bonds is 6. The van der Waals surface area contributed by atoms with E-state index in [1.54, 1.807) is 18.1 Å². The Labute approximate surface area is 128 Å². The number of amides is 1. The Kier molecular flexibility index (Phi) is 5.08. The predicted octanol–water partition coefficient (Wildman–Crippen LogP) is 2.06. The lowest BCUT2D eigenvalue weighted by Crippen LogP contribution is -2.33. The SMILES string of the molecule is CC(=O)N(C)c1nc(CN[C@H](C)[C@@H](C)n2cccn2)cs1. The number of hydrogen-bond acceptors (Lipinski definition) is 5. The zero-order chi connectivity index (χ0) is 15.4. The van der Waals surface area contributed by atoms with Crippen LogP contribution in [0.1, 0.15) is 32.5 Å². The number of thiazole rings is 1. The highest BCUT2D eigenvalue weighted by Crippen LogP contribution is 2.19. The summed E-state index contributed by atoms with van der Waals surface area (Å²) in [5.74, 6) is -0.00969. The minimum absolute atomic E-state index is 0.00969. The molecular formula is C14H21N5OS. The first kappa shape index (κ1) is 15.7. The minimum atomic E-state index is -0.00969. The summed E-state index contributed by atoms with van der Waals surface area (Å²) in [6.45, 7) is 6.46. The van der Waals surface area contributed by atoms with Crippen molar-refractivity contribution >= 4 is 22.4 Å². The van der Waals surface area contributed by atoms with Gasteiger partial charge in [-0.3, -0.25) is 14.4 Å². The molecule has 0 unspecified atom stereocenters. The van der Waals surface area contributed by atoms with E-state index >= 15 is 0 Å². The standard InChI is InChI=1S/C14H21N5OS/c1-10(11(2)19-7-5-6-16-19)15-8-13-9-21-14(17-13)18(4)12(3)20/h5-7,9-11,15H,8H2,1-4H3/t10-,11-/m1/s1. The summed E-state index contributed by atoms with van der Waals surface area (Å²) in [6, 6.07) is 2.45. The summed E-state index contributed by atoms with van der Waals surface area (Å²) in [5, 5.41) is 10.4. The second-order valence-electron chi connectivity index (χ2n) is 5.10. The fourth-order valence-corrected chi connectivity index (χ4v) is 2.69. The van der Waals surface area contributed by atoms with Crippen molar-refractivity contribution in [1.82, 2.24) is 20.1 Å². The van der Waals surface area contributed by atoms with Crippen LogP contribution in [0.25, 0.3) is 0 Å². The molecular weight excluding hydrogens is 286 g/mol. The molecule has 7 heteroatoms. The van der Waals surface area contributed by atoms with Crippen LogP contribution in [-0.2, 0) is 11.3 Å². The maximum absolute atomic E-state index is 11.3. The van der Waals surface area contributed by atoms with Crippen molar-refractivity contribution in [3.8, 4) is 0 Å². The quantitative estimate of drug-likeness (QED) is 0.887. The highest BCUT2D eigenvalue weighted by Gasteiger charge is 2.15. The lowest BCUT2D eigenvalue weighted by molar-refractivity contribution is -0.116. The number of aromatic nitrogens is 3.